The molecule has 0 spiro atoms. The van der Waals surface area contributed by atoms with Gasteiger partial charge in [-0.25, -0.2) is 0 Å². The summed E-state index contributed by atoms with van der Waals surface area (Å²) in [4.78, 5) is 5.22. The van der Waals surface area contributed by atoms with E-state index in [2.05, 4.69) is 49.5 Å². The normalized spacial score (nSPS) is 21.9. The first kappa shape index (κ1) is 14.4. The Morgan fingerprint density at radius 2 is 1.80 bits per heavy atom. The number of hydrogen-bond donors (Lipinski definition) is 0. The molecule has 1 aromatic heterocycles. The second-order valence-corrected chi connectivity index (χ2v) is 6.67. The van der Waals surface area contributed by atoms with E-state index in [1.54, 1.807) is 0 Å². The number of rotatable bonds is 3. The van der Waals surface area contributed by atoms with E-state index in [9.17, 15) is 0 Å². The van der Waals surface area contributed by atoms with Gasteiger partial charge in [-0.05, 0) is 19.8 Å². The van der Waals surface area contributed by atoms with Crippen molar-refractivity contribution >= 4 is 21.7 Å². The number of aromatic nitrogens is 2. The van der Waals surface area contributed by atoms with Crippen molar-refractivity contribution < 1.29 is 0 Å². The Morgan fingerprint density at radius 3 is 2.40 bits per heavy atom. The third-order valence-electron chi connectivity index (χ3n) is 4.90. The van der Waals surface area contributed by atoms with E-state index in [-0.39, 0.29) is 0 Å². The molecule has 0 aromatic carbocycles. The zero-order chi connectivity index (χ0) is 14.1. The molecule has 1 aromatic rings. The highest BCUT2D eigenvalue weighted by Gasteiger charge is 2.28. The van der Waals surface area contributed by atoms with Crippen molar-refractivity contribution in [1.29, 1.82) is 0 Å². The standard InChI is InChI=1S/C15H25BrN4/c1-12-14(11-16)15(18(2)17-12)20-9-7-19(8-10-20)13-5-3-4-6-13/h13H,3-11H2,1-2H3. The number of anilines is 1. The van der Waals surface area contributed by atoms with Gasteiger partial charge in [0.2, 0.25) is 0 Å². The minimum absolute atomic E-state index is 0.862. The summed E-state index contributed by atoms with van der Waals surface area (Å²) in [5.74, 6) is 1.31. The molecular formula is C15H25BrN4. The Balaban J connectivity index is 1.68. The molecule has 0 amide bonds. The lowest BCUT2D eigenvalue weighted by Gasteiger charge is -2.39. The van der Waals surface area contributed by atoms with Crippen LogP contribution in [-0.2, 0) is 12.4 Å². The van der Waals surface area contributed by atoms with E-state index in [0.29, 0.717) is 0 Å². The first-order chi connectivity index (χ1) is 9.70. The minimum Gasteiger partial charge on any atom is -0.354 e. The van der Waals surface area contributed by atoms with Crippen LogP contribution >= 0.6 is 15.9 Å². The molecule has 1 saturated heterocycles. The average molecular weight is 341 g/mol. The maximum Gasteiger partial charge on any atom is 0.130 e. The van der Waals surface area contributed by atoms with Crippen LogP contribution in [0.2, 0.25) is 0 Å². The van der Waals surface area contributed by atoms with Crippen molar-refractivity contribution in [3.8, 4) is 0 Å². The van der Waals surface area contributed by atoms with Crippen LogP contribution in [0.15, 0.2) is 0 Å². The quantitative estimate of drug-likeness (QED) is 0.790. The molecule has 1 saturated carbocycles. The maximum absolute atomic E-state index is 4.58. The van der Waals surface area contributed by atoms with Crippen molar-refractivity contribution in [1.82, 2.24) is 14.7 Å². The number of alkyl halides is 1. The largest absolute Gasteiger partial charge is 0.354 e. The zero-order valence-electron chi connectivity index (χ0n) is 12.6. The Kier molecular flexibility index (Phi) is 4.36. The van der Waals surface area contributed by atoms with Crippen molar-refractivity contribution in [3.63, 3.8) is 0 Å². The molecule has 0 N–H and O–H groups in total. The molecule has 2 aliphatic rings. The van der Waals surface area contributed by atoms with Gasteiger partial charge in [0.25, 0.3) is 0 Å². The van der Waals surface area contributed by atoms with Crippen molar-refractivity contribution in [3.05, 3.63) is 11.3 Å². The lowest BCUT2D eigenvalue weighted by Crippen LogP contribution is -2.50. The van der Waals surface area contributed by atoms with Crippen LogP contribution in [0.3, 0.4) is 0 Å². The predicted molar refractivity (Wildman–Crippen MR) is 86.6 cm³/mol. The van der Waals surface area contributed by atoms with Crippen LogP contribution in [0.25, 0.3) is 0 Å². The number of hydrogen-bond acceptors (Lipinski definition) is 3. The molecule has 2 heterocycles. The van der Waals surface area contributed by atoms with E-state index >= 15 is 0 Å². The van der Waals surface area contributed by atoms with E-state index in [1.807, 2.05) is 0 Å². The molecule has 4 nitrogen and oxygen atoms in total. The van der Waals surface area contributed by atoms with Gasteiger partial charge in [-0.3, -0.25) is 9.58 Å². The molecular weight excluding hydrogens is 316 g/mol. The summed E-state index contributed by atoms with van der Waals surface area (Å²) in [5, 5.41) is 5.48. The Bertz CT molecular complexity index is 457. The summed E-state index contributed by atoms with van der Waals surface area (Å²) in [6, 6.07) is 0.862. The van der Waals surface area contributed by atoms with Crippen molar-refractivity contribution in [2.24, 2.45) is 7.05 Å². The van der Waals surface area contributed by atoms with Gasteiger partial charge in [0, 0.05) is 50.2 Å². The number of piperazine rings is 1. The molecule has 0 radical (unpaired) electrons. The molecule has 112 valence electrons. The van der Waals surface area contributed by atoms with E-state index in [0.717, 1.165) is 30.2 Å². The van der Waals surface area contributed by atoms with Gasteiger partial charge in [0.15, 0.2) is 0 Å². The van der Waals surface area contributed by atoms with Gasteiger partial charge in [0.05, 0.1) is 5.69 Å². The monoisotopic (exact) mass is 340 g/mol. The smallest absolute Gasteiger partial charge is 0.130 e. The fraction of sp³-hybridized carbons (Fsp3) is 0.800. The third kappa shape index (κ3) is 2.62. The van der Waals surface area contributed by atoms with E-state index < -0.39 is 0 Å². The molecule has 1 aliphatic heterocycles. The zero-order valence-corrected chi connectivity index (χ0v) is 14.2. The molecule has 0 bridgehead atoms. The molecule has 0 unspecified atom stereocenters. The highest BCUT2D eigenvalue weighted by molar-refractivity contribution is 9.08. The minimum atomic E-state index is 0.862. The summed E-state index contributed by atoms with van der Waals surface area (Å²) in [6.07, 6.45) is 5.69. The second kappa shape index (κ2) is 6.06. The lowest BCUT2D eigenvalue weighted by molar-refractivity contribution is 0.187. The molecule has 3 rings (SSSR count). The van der Waals surface area contributed by atoms with E-state index in [1.165, 1.54) is 50.2 Å². The van der Waals surface area contributed by atoms with Crippen LogP contribution in [0, 0.1) is 6.92 Å². The predicted octanol–water partition coefficient (Wildman–Crippen LogP) is 2.69. The summed E-state index contributed by atoms with van der Waals surface area (Å²) in [7, 11) is 2.07. The second-order valence-electron chi connectivity index (χ2n) is 6.11. The summed E-state index contributed by atoms with van der Waals surface area (Å²) in [6.45, 7) is 6.78. The van der Waals surface area contributed by atoms with Crippen molar-refractivity contribution in [2.75, 3.05) is 31.1 Å². The van der Waals surface area contributed by atoms with Gasteiger partial charge in [-0.2, -0.15) is 5.10 Å². The fourth-order valence-corrected chi connectivity index (χ4v) is 4.47. The summed E-state index contributed by atoms with van der Waals surface area (Å²) in [5.41, 5.74) is 2.50. The highest BCUT2D eigenvalue weighted by Crippen LogP contribution is 2.28. The number of nitrogens with zero attached hydrogens (tertiary/aromatic N) is 4. The van der Waals surface area contributed by atoms with Gasteiger partial charge in [-0.15, -0.1) is 0 Å². The van der Waals surface area contributed by atoms with Crippen LogP contribution in [0.5, 0.6) is 0 Å². The molecule has 5 heteroatoms. The maximum atomic E-state index is 4.58. The first-order valence-electron chi connectivity index (χ1n) is 7.78. The van der Waals surface area contributed by atoms with Gasteiger partial charge in [0.1, 0.15) is 5.82 Å². The van der Waals surface area contributed by atoms with Crippen LogP contribution in [0.4, 0.5) is 5.82 Å². The number of halogens is 1. The third-order valence-corrected chi connectivity index (χ3v) is 5.46. The Hall–Kier alpha value is -0.550. The fourth-order valence-electron chi connectivity index (χ4n) is 3.81. The Labute approximate surface area is 130 Å². The van der Waals surface area contributed by atoms with Gasteiger partial charge >= 0.3 is 0 Å². The highest BCUT2D eigenvalue weighted by atomic mass is 79.9. The molecule has 20 heavy (non-hydrogen) atoms. The lowest BCUT2D eigenvalue weighted by atomic mass is 10.1. The molecule has 2 fully saturated rings. The molecule has 1 aliphatic carbocycles. The van der Waals surface area contributed by atoms with E-state index in [4.69, 9.17) is 0 Å². The van der Waals surface area contributed by atoms with Gasteiger partial charge in [-0.1, -0.05) is 28.8 Å². The van der Waals surface area contributed by atoms with Crippen LogP contribution < -0.4 is 4.90 Å². The van der Waals surface area contributed by atoms with Crippen LogP contribution in [0.1, 0.15) is 36.9 Å². The molecule has 0 atom stereocenters. The SMILES string of the molecule is Cc1nn(C)c(N2CCN(C3CCCC3)CC2)c1CBr. The van der Waals surface area contributed by atoms with Gasteiger partial charge < -0.3 is 4.90 Å². The average Bonchev–Trinajstić information content (AvgIpc) is 3.06. The summed E-state index contributed by atoms with van der Waals surface area (Å²) >= 11 is 3.61. The topological polar surface area (TPSA) is 24.3 Å². The first-order valence-corrected chi connectivity index (χ1v) is 8.90. The van der Waals surface area contributed by atoms with Crippen LogP contribution in [-0.4, -0.2) is 46.9 Å². The summed E-state index contributed by atoms with van der Waals surface area (Å²) < 4.78 is 2.05. The Morgan fingerprint density at radius 1 is 1.15 bits per heavy atom. The van der Waals surface area contributed by atoms with Crippen molar-refractivity contribution in [2.45, 2.75) is 44.0 Å². The number of aryl methyl sites for hydroxylation is 2.